The van der Waals surface area contributed by atoms with Gasteiger partial charge in [0.1, 0.15) is 5.82 Å². The van der Waals surface area contributed by atoms with Crippen LogP contribution in [0, 0.1) is 0 Å². The van der Waals surface area contributed by atoms with Gasteiger partial charge >= 0.3 is 5.97 Å². The lowest BCUT2D eigenvalue weighted by Gasteiger charge is -2.12. The lowest BCUT2D eigenvalue weighted by atomic mass is 10.1. The SMILES string of the molecule is CC(C)c1nccn1-c1ccccc1C=CC(=O)O. The van der Waals surface area contributed by atoms with Crippen LogP contribution in [-0.4, -0.2) is 20.6 Å². The Balaban J connectivity index is 2.50. The van der Waals surface area contributed by atoms with E-state index in [1.165, 1.54) is 0 Å². The number of benzene rings is 1. The molecule has 0 aliphatic rings. The van der Waals surface area contributed by atoms with Crippen LogP contribution in [0.25, 0.3) is 11.8 Å². The predicted molar refractivity (Wildman–Crippen MR) is 74.3 cm³/mol. The Morgan fingerprint density at radius 3 is 2.79 bits per heavy atom. The monoisotopic (exact) mass is 256 g/mol. The first-order valence-corrected chi connectivity index (χ1v) is 6.13. The van der Waals surface area contributed by atoms with E-state index in [0.29, 0.717) is 5.92 Å². The van der Waals surface area contributed by atoms with Gasteiger partial charge in [-0.15, -0.1) is 0 Å². The normalized spacial score (nSPS) is 11.3. The lowest BCUT2D eigenvalue weighted by Crippen LogP contribution is -2.03. The Hall–Kier alpha value is -2.36. The van der Waals surface area contributed by atoms with E-state index >= 15 is 0 Å². The number of aliphatic carboxylic acids is 1. The van der Waals surface area contributed by atoms with E-state index in [1.54, 1.807) is 12.3 Å². The minimum Gasteiger partial charge on any atom is -0.478 e. The second-order valence-corrected chi connectivity index (χ2v) is 4.54. The van der Waals surface area contributed by atoms with Gasteiger partial charge in [0.2, 0.25) is 0 Å². The van der Waals surface area contributed by atoms with Gasteiger partial charge in [-0.3, -0.25) is 0 Å². The van der Waals surface area contributed by atoms with Gasteiger partial charge in [-0.1, -0.05) is 32.0 Å². The second kappa shape index (κ2) is 5.52. The highest BCUT2D eigenvalue weighted by Crippen LogP contribution is 2.21. The molecule has 2 rings (SSSR count). The molecule has 0 fully saturated rings. The van der Waals surface area contributed by atoms with Crippen molar-refractivity contribution in [3.8, 4) is 5.69 Å². The van der Waals surface area contributed by atoms with E-state index in [9.17, 15) is 4.79 Å². The summed E-state index contributed by atoms with van der Waals surface area (Å²) in [5, 5.41) is 8.73. The number of carbonyl (C=O) groups is 1. The highest BCUT2D eigenvalue weighted by molar-refractivity contribution is 5.86. The molecular formula is C15H16N2O2. The third kappa shape index (κ3) is 2.91. The van der Waals surface area contributed by atoms with Gasteiger partial charge in [0, 0.05) is 24.4 Å². The number of nitrogens with zero attached hydrogens (tertiary/aromatic N) is 2. The first kappa shape index (κ1) is 13.1. The molecule has 0 unspecified atom stereocenters. The zero-order valence-electron chi connectivity index (χ0n) is 10.9. The van der Waals surface area contributed by atoms with Crippen molar-refractivity contribution in [2.24, 2.45) is 0 Å². The maximum atomic E-state index is 10.6. The molecule has 98 valence electrons. The van der Waals surface area contributed by atoms with E-state index in [4.69, 9.17) is 5.11 Å². The molecule has 4 nitrogen and oxygen atoms in total. The van der Waals surface area contributed by atoms with E-state index in [1.807, 2.05) is 35.0 Å². The van der Waals surface area contributed by atoms with Crippen molar-refractivity contribution in [1.29, 1.82) is 0 Å². The highest BCUT2D eigenvalue weighted by Gasteiger charge is 2.10. The number of aromatic nitrogens is 2. The minimum absolute atomic E-state index is 0.298. The van der Waals surface area contributed by atoms with Crippen LogP contribution in [-0.2, 0) is 4.79 Å². The summed E-state index contributed by atoms with van der Waals surface area (Å²) in [4.78, 5) is 15.0. The summed E-state index contributed by atoms with van der Waals surface area (Å²) in [5.41, 5.74) is 1.78. The molecule has 19 heavy (non-hydrogen) atoms. The molecule has 0 atom stereocenters. The number of hydrogen-bond donors (Lipinski definition) is 1. The fourth-order valence-corrected chi connectivity index (χ4v) is 1.95. The molecule has 2 aromatic rings. The number of carboxylic acids is 1. The quantitative estimate of drug-likeness (QED) is 0.855. The molecular weight excluding hydrogens is 240 g/mol. The van der Waals surface area contributed by atoms with Crippen molar-refractivity contribution in [1.82, 2.24) is 9.55 Å². The molecule has 1 N–H and O–H groups in total. The van der Waals surface area contributed by atoms with Crippen molar-refractivity contribution in [3.63, 3.8) is 0 Å². The summed E-state index contributed by atoms with van der Waals surface area (Å²) in [6.45, 7) is 4.16. The molecule has 1 aromatic carbocycles. The van der Waals surface area contributed by atoms with E-state index in [0.717, 1.165) is 23.2 Å². The van der Waals surface area contributed by atoms with Gasteiger partial charge in [-0.25, -0.2) is 9.78 Å². The molecule has 0 aliphatic carbocycles. The van der Waals surface area contributed by atoms with Gasteiger partial charge in [0.25, 0.3) is 0 Å². The zero-order valence-corrected chi connectivity index (χ0v) is 10.9. The summed E-state index contributed by atoms with van der Waals surface area (Å²) in [5.74, 6) is 0.298. The van der Waals surface area contributed by atoms with Crippen LogP contribution in [0.15, 0.2) is 42.7 Å². The molecule has 4 heteroatoms. The van der Waals surface area contributed by atoms with E-state index < -0.39 is 5.97 Å². The van der Waals surface area contributed by atoms with Gasteiger partial charge in [0.05, 0.1) is 5.69 Å². The van der Waals surface area contributed by atoms with Crippen LogP contribution in [0.3, 0.4) is 0 Å². The van der Waals surface area contributed by atoms with Crippen LogP contribution in [0.1, 0.15) is 31.2 Å². The molecule has 1 aromatic heterocycles. The molecule has 0 radical (unpaired) electrons. The van der Waals surface area contributed by atoms with E-state index in [2.05, 4.69) is 18.8 Å². The first-order valence-electron chi connectivity index (χ1n) is 6.13. The average Bonchev–Trinajstić information content (AvgIpc) is 2.85. The summed E-state index contributed by atoms with van der Waals surface area (Å²) in [6.07, 6.45) is 6.39. The Labute approximate surface area is 112 Å². The minimum atomic E-state index is -0.954. The maximum absolute atomic E-state index is 10.6. The van der Waals surface area contributed by atoms with Crippen LogP contribution < -0.4 is 0 Å². The fourth-order valence-electron chi connectivity index (χ4n) is 1.95. The number of imidazole rings is 1. The molecule has 0 amide bonds. The number of rotatable bonds is 4. The largest absolute Gasteiger partial charge is 0.478 e. The number of carboxylic acid groups (broad SMARTS) is 1. The summed E-state index contributed by atoms with van der Waals surface area (Å²) >= 11 is 0. The third-order valence-electron chi connectivity index (χ3n) is 2.79. The third-order valence-corrected chi connectivity index (χ3v) is 2.79. The summed E-state index contributed by atoms with van der Waals surface area (Å²) in [7, 11) is 0. The van der Waals surface area contributed by atoms with Gasteiger partial charge in [-0.2, -0.15) is 0 Å². The molecule has 0 aliphatic heterocycles. The van der Waals surface area contributed by atoms with Crippen molar-refractivity contribution in [3.05, 3.63) is 54.1 Å². The Morgan fingerprint density at radius 1 is 1.37 bits per heavy atom. The molecule has 0 bridgehead atoms. The zero-order chi connectivity index (χ0) is 13.8. The Bertz CT molecular complexity index is 612. The van der Waals surface area contributed by atoms with Gasteiger partial charge < -0.3 is 9.67 Å². The Kier molecular flexibility index (Phi) is 3.80. The van der Waals surface area contributed by atoms with Crippen molar-refractivity contribution in [2.45, 2.75) is 19.8 Å². The summed E-state index contributed by atoms with van der Waals surface area (Å²) < 4.78 is 1.99. The van der Waals surface area contributed by atoms with Crippen LogP contribution >= 0.6 is 0 Å². The van der Waals surface area contributed by atoms with E-state index in [-0.39, 0.29) is 0 Å². The highest BCUT2D eigenvalue weighted by atomic mass is 16.4. The first-order chi connectivity index (χ1) is 9.09. The van der Waals surface area contributed by atoms with Crippen LogP contribution in [0.2, 0.25) is 0 Å². The number of para-hydroxylation sites is 1. The van der Waals surface area contributed by atoms with Gasteiger partial charge in [0.15, 0.2) is 0 Å². The van der Waals surface area contributed by atoms with Crippen molar-refractivity contribution < 1.29 is 9.90 Å². The smallest absolute Gasteiger partial charge is 0.328 e. The van der Waals surface area contributed by atoms with Crippen LogP contribution in [0.4, 0.5) is 0 Å². The standard InChI is InChI=1S/C15H16N2O2/c1-11(2)15-16-9-10-17(15)13-6-4-3-5-12(13)7-8-14(18)19/h3-11H,1-2H3,(H,18,19). The Morgan fingerprint density at radius 2 is 2.11 bits per heavy atom. The lowest BCUT2D eigenvalue weighted by molar-refractivity contribution is -0.131. The fraction of sp³-hybridized carbons (Fsp3) is 0.200. The summed E-state index contributed by atoms with van der Waals surface area (Å²) in [6, 6.07) is 7.66. The topological polar surface area (TPSA) is 55.1 Å². The molecule has 0 saturated carbocycles. The van der Waals surface area contributed by atoms with Crippen molar-refractivity contribution in [2.75, 3.05) is 0 Å². The molecule has 0 spiro atoms. The number of hydrogen-bond acceptors (Lipinski definition) is 2. The predicted octanol–water partition coefficient (Wildman–Crippen LogP) is 3.09. The second-order valence-electron chi connectivity index (χ2n) is 4.54. The average molecular weight is 256 g/mol. The molecule has 0 saturated heterocycles. The molecule has 1 heterocycles. The van der Waals surface area contributed by atoms with Gasteiger partial charge in [-0.05, 0) is 17.7 Å². The van der Waals surface area contributed by atoms with Crippen LogP contribution in [0.5, 0.6) is 0 Å². The van der Waals surface area contributed by atoms with Crippen molar-refractivity contribution >= 4 is 12.0 Å². The maximum Gasteiger partial charge on any atom is 0.328 e.